The van der Waals surface area contributed by atoms with Crippen molar-refractivity contribution in [1.82, 2.24) is 19.7 Å². The number of anilines is 1. The van der Waals surface area contributed by atoms with Crippen molar-refractivity contribution in [1.29, 1.82) is 0 Å². The van der Waals surface area contributed by atoms with Gasteiger partial charge in [-0.05, 0) is 30.7 Å². The fourth-order valence-corrected chi connectivity index (χ4v) is 3.85. The average molecular weight is 457 g/mol. The third kappa shape index (κ3) is 5.62. The van der Waals surface area contributed by atoms with Crippen molar-refractivity contribution in [3.05, 3.63) is 48.3 Å². The lowest BCUT2D eigenvalue weighted by Crippen LogP contribution is -2.48. The number of aryl methyl sites for hydroxylation is 1. The highest BCUT2D eigenvalue weighted by molar-refractivity contribution is 5.98. The molecule has 5 amide bonds. The smallest absolute Gasteiger partial charge is 0.319 e. The van der Waals surface area contributed by atoms with Crippen molar-refractivity contribution in [3.63, 3.8) is 0 Å². The van der Waals surface area contributed by atoms with Crippen LogP contribution in [0.5, 0.6) is 5.75 Å². The fraction of sp³-hybridized carbons (Fsp3) is 0.364. The van der Waals surface area contributed by atoms with Crippen LogP contribution in [-0.4, -0.2) is 77.5 Å². The molecule has 3 rings (SSSR count). The van der Waals surface area contributed by atoms with E-state index in [1.807, 2.05) is 0 Å². The number of ether oxygens (including phenoxy) is 1. The Labute approximate surface area is 191 Å². The lowest BCUT2D eigenvalue weighted by molar-refractivity contribution is -0.137. The summed E-state index contributed by atoms with van der Waals surface area (Å²) in [5.74, 6) is -0.827. The van der Waals surface area contributed by atoms with Crippen LogP contribution < -0.4 is 21.1 Å². The number of amides is 5. The van der Waals surface area contributed by atoms with Gasteiger partial charge in [-0.1, -0.05) is 6.07 Å². The summed E-state index contributed by atoms with van der Waals surface area (Å²) in [6.45, 7) is -0.133. The molecule has 11 heteroatoms. The summed E-state index contributed by atoms with van der Waals surface area (Å²) in [7, 11) is 4.72. The highest BCUT2D eigenvalue weighted by Gasteiger charge is 2.42. The monoisotopic (exact) mass is 456 g/mol. The molecule has 176 valence electrons. The van der Waals surface area contributed by atoms with Gasteiger partial charge in [0.05, 0.1) is 19.7 Å². The largest absolute Gasteiger partial charge is 0.497 e. The molecule has 1 fully saturated rings. The first kappa shape index (κ1) is 23.6. The Morgan fingerprint density at radius 2 is 1.97 bits per heavy atom. The number of nitrogens with one attached hydrogen (secondary N) is 2. The van der Waals surface area contributed by atoms with E-state index in [1.54, 1.807) is 54.2 Å². The minimum atomic E-state index is -0.848. The highest BCUT2D eigenvalue weighted by atomic mass is 16.5. The number of benzene rings is 1. The first-order valence-electron chi connectivity index (χ1n) is 10.4. The van der Waals surface area contributed by atoms with Crippen molar-refractivity contribution in [2.24, 2.45) is 12.8 Å². The maximum Gasteiger partial charge on any atom is 0.319 e. The Kier molecular flexibility index (Phi) is 7.21. The third-order valence-electron chi connectivity index (χ3n) is 5.44. The maximum atomic E-state index is 13.2. The van der Waals surface area contributed by atoms with Crippen LogP contribution in [0.2, 0.25) is 0 Å². The second kappa shape index (κ2) is 10.1. The van der Waals surface area contributed by atoms with E-state index in [4.69, 9.17) is 10.5 Å². The molecule has 0 saturated carbocycles. The third-order valence-corrected chi connectivity index (χ3v) is 5.44. The molecule has 2 atom stereocenters. The van der Waals surface area contributed by atoms with Crippen LogP contribution in [0.1, 0.15) is 16.9 Å². The van der Waals surface area contributed by atoms with E-state index in [0.29, 0.717) is 17.1 Å². The van der Waals surface area contributed by atoms with E-state index in [2.05, 4.69) is 10.6 Å². The predicted molar refractivity (Wildman–Crippen MR) is 121 cm³/mol. The van der Waals surface area contributed by atoms with E-state index in [0.717, 1.165) is 0 Å². The molecule has 1 aliphatic heterocycles. The molecule has 33 heavy (non-hydrogen) atoms. The number of aromatic nitrogens is 1. The maximum absolute atomic E-state index is 13.2. The van der Waals surface area contributed by atoms with E-state index < -0.39 is 29.9 Å². The molecule has 1 aliphatic rings. The number of rotatable bonds is 7. The number of nitrogens with zero attached hydrogens (tertiary/aromatic N) is 3. The van der Waals surface area contributed by atoms with Gasteiger partial charge in [-0.15, -0.1) is 0 Å². The van der Waals surface area contributed by atoms with Gasteiger partial charge in [0.15, 0.2) is 0 Å². The first-order valence-corrected chi connectivity index (χ1v) is 10.4. The van der Waals surface area contributed by atoms with Gasteiger partial charge in [0.2, 0.25) is 11.8 Å². The number of carbonyl (C=O) groups is 4. The van der Waals surface area contributed by atoms with Crippen LogP contribution in [0.15, 0.2) is 42.6 Å². The molecule has 0 bridgehead atoms. The van der Waals surface area contributed by atoms with Crippen LogP contribution in [0.4, 0.5) is 10.5 Å². The van der Waals surface area contributed by atoms with Gasteiger partial charge in [-0.2, -0.15) is 0 Å². The number of urea groups is 1. The Morgan fingerprint density at radius 3 is 2.61 bits per heavy atom. The zero-order valence-corrected chi connectivity index (χ0v) is 18.8. The van der Waals surface area contributed by atoms with Crippen LogP contribution in [0, 0.1) is 0 Å². The van der Waals surface area contributed by atoms with Gasteiger partial charge in [-0.3, -0.25) is 14.4 Å². The molecule has 2 unspecified atom stereocenters. The van der Waals surface area contributed by atoms with Gasteiger partial charge in [-0.25, -0.2) is 4.79 Å². The fourth-order valence-electron chi connectivity index (χ4n) is 3.85. The zero-order chi connectivity index (χ0) is 24.1. The Balaban J connectivity index is 1.74. The van der Waals surface area contributed by atoms with Gasteiger partial charge in [0, 0.05) is 38.6 Å². The van der Waals surface area contributed by atoms with Crippen molar-refractivity contribution in [2.45, 2.75) is 18.5 Å². The molecule has 0 aliphatic carbocycles. The van der Waals surface area contributed by atoms with Crippen LogP contribution in [0.3, 0.4) is 0 Å². The Bertz CT molecular complexity index is 1050. The molecular formula is C22H28N6O5. The van der Waals surface area contributed by atoms with Crippen LogP contribution in [-0.2, 0) is 16.6 Å². The highest BCUT2D eigenvalue weighted by Crippen LogP contribution is 2.23. The topological polar surface area (TPSA) is 139 Å². The number of methoxy groups -OCH3 is 1. The van der Waals surface area contributed by atoms with Crippen molar-refractivity contribution >= 4 is 29.4 Å². The summed E-state index contributed by atoms with van der Waals surface area (Å²) in [6.07, 6.45) is 1.93. The first-order chi connectivity index (χ1) is 15.7. The van der Waals surface area contributed by atoms with Crippen molar-refractivity contribution in [3.8, 4) is 5.75 Å². The summed E-state index contributed by atoms with van der Waals surface area (Å²) in [4.78, 5) is 52.6. The molecule has 1 saturated heterocycles. The SMILES string of the molecule is COc1cccc(NC(=O)NC2CC(C(=O)N(C)CC(N)=O)N(C(=O)c3cccn3C)C2)c1. The predicted octanol–water partition coefficient (Wildman–Crippen LogP) is 0.382. The number of nitrogens with two attached hydrogens (primary N) is 1. The number of primary amides is 1. The van der Waals surface area contributed by atoms with E-state index >= 15 is 0 Å². The molecule has 0 spiro atoms. The molecule has 2 heterocycles. The van der Waals surface area contributed by atoms with Crippen molar-refractivity contribution in [2.75, 3.05) is 32.6 Å². The summed E-state index contributed by atoms with van der Waals surface area (Å²) in [5, 5.41) is 5.54. The summed E-state index contributed by atoms with van der Waals surface area (Å²) >= 11 is 0. The molecule has 2 aromatic rings. The Morgan fingerprint density at radius 1 is 1.21 bits per heavy atom. The molecule has 11 nitrogen and oxygen atoms in total. The number of hydrogen-bond acceptors (Lipinski definition) is 5. The molecule has 1 aromatic carbocycles. The van der Waals surface area contributed by atoms with Gasteiger partial charge >= 0.3 is 6.03 Å². The lowest BCUT2D eigenvalue weighted by atomic mass is 10.1. The Hall–Kier alpha value is -4.02. The lowest BCUT2D eigenvalue weighted by Gasteiger charge is -2.27. The summed E-state index contributed by atoms with van der Waals surface area (Å²) in [5.41, 5.74) is 6.16. The van der Waals surface area contributed by atoms with Crippen molar-refractivity contribution < 1.29 is 23.9 Å². The quantitative estimate of drug-likeness (QED) is 0.553. The standard InChI is InChI=1S/C22H28N6O5/c1-26-9-5-8-17(26)21(31)28-12-15(11-18(28)20(30)27(2)13-19(23)29)25-22(32)24-14-6-4-7-16(10-14)33-3/h4-10,15,18H,11-13H2,1-3H3,(H2,23,29)(H2,24,25,32). The number of likely N-dealkylation sites (tertiary alicyclic amines) is 1. The molecule has 0 radical (unpaired) electrons. The second-order valence-corrected chi connectivity index (χ2v) is 7.90. The van der Waals surface area contributed by atoms with E-state index in [-0.39, 0.29) is 25.4 Å². The average Bonchev–Trinajstić information content (AvgIpc) is 3.38. The van der Waals surface area contributed by atoms with Gasteiger partial charge < -0.3 is 35.5 Å². The number of carbonyl (C=O) groups excluding carboxylic acids is 4. The normalized spacial score (nSPS) is 17.4. The summed E-state index contributed by atoms with van der Waals surface area (Å²) < 4.78 is 6.81. The van der Waals surface area contributed by atoms with Crippen LogP contribution in [0.25, 0.3) is 0 Å². The summed E-state index contributed by atoms with van der Waals surface area (Å²) in [6, 6.07) is 8.48. The van der Waals surface area contributed by atoms with E-state index in [1.165, 1.54) is 24.0 Å². The van der Waals surface area contributed by atoms with Gasteiger partial charge in [0.25, 0.3) is 5.91 Å². The van der Waals surface area contributed by atoms with Crippen LogP contribution >= 0.6 is 0 Å². The number of hydrogen-bond donors (Lipinski definition) is 3. The molecule has 1 aromatic heterocycles. The number of likely N-dealkylation sites (N-methyl/N-ethyl adjacent to an activating group) is 1. The molecular weight excluding hydrogens is 428 g/mol. The minimum absolute atomic E-state index is 0.135. The minimum Gasteiger partial charge on any atom is -0.497 e. The molecule has 4 N–H and O–H groups in total. The van der Waals surface area contributed by atoms with Gasteiger partial charge in [0.1, 0.15) is 17.5 Å². The second-order valence-electron chi connectivity index (χ2n) is 7.90. The van der Waals surface area contributed by atoms with E-state index in [9.17, 15) is 19.2 Å². The zero-order valence-electron chi connectivity index (χ0n) is 18.8.